The summed E-state index contributed by atoms with van der Waals surface area (Å²) in [6.07, 6.45) is 0. The molecule has 0 bridgehead atoms. The van der Waals surface area contributed by atoms with Crippen LogP contribution in [0.15, 0.2) is 24.3 Å². The third kappa shape index (κ3) is 4.54. The van der Waals surface area contributed by atoms with Crippen LogP contribution in [0.25, 0.3) is 0 Å². The van der Waals surface area contributed by atoms with E-state index in [0.717, 1.165) is 5.56 Å². The first-order valence-electron chi connectivity index (χ1n) is 7.06. The summed E-state index contributed by atoms with van der Waals surface area (Å²) < 4.78 is 0. The van der Waals surface area contributed by atoms with Crippen molar-refractivity contribution in [2.75, 3.05) is 0 Å². The number of nitro benzene ring substituents is 1. The summed E-state index contributed by atoms with van der Waals surface area (Å²) in [6.45, 7) is 10.9. The summed E-state index contributed by atoms with van der Waals surface area (Å²) in [5.41, 5.74) is 0.894. The number of nitriles is 1. The number of benzene rings is 1. The molecule has 1 atom stereocenters. The number of non-ortho nitro benzene ring substituents is 1. The van der Waals surface area contributed by atoms with E-state index in [4.69, 9.17) is 0 Å². The van der Waals surface area contributed by atoms with Crippen LogP contribution in [0.4, 0.5) is 5.69 Å². The lowest BCUT2D eigenvalue weighted by atomic mass is 9.95. The van der Waals surface area contributed by atoms with Gasteiger partial charge in [-0.3, -0.25) is 15.0 Å². The molecule has 21 heavy (non-hydrogen) atoms. The zero-order valence-electron chi connectivity index (χ0n) is 13.3. The first-order chi connectivity index (χ1) is 9.66. The van der Waals surface area contributed by atoms with Gasteiger partial charge in [-0.05, 0) is 32.3 Å². The molecule has 0 fully saturated rings. The second kappa shape index (κ2) is 6.68. The smallest absolute Gasteiger partial charge is 0.269 e. The molecule has 1 aromatic carbocycles. The summed E-state index contributed by atoms with van der Waals surface area (Å²) in [5.74, 6) is 0.215. The molecule has 0 spiro atoms. The highest BCUT2D eigenvalue weighted by Crippen LogP contribution is 2.25. The maximum atomic E-state index is 10.7. The van der Waals surface area contributed by atoms with Gasteiger partial charge in [-0.2, -0.15) is 5.26 Å². The third-order valence-corrected chi connectivity index (χ3v) is 3.46. The zero-order valence-corrected chi connectivity index (χ0v) is 13.3. The summed E-state index contributed by atoms with van der Waals surface area (Å²) >= 11 is 0. The van der Waals surface area contributed by atoms with E-state index in [1.165, 1.54) is 12.1 Å². The van der Waals surface area contributed by atoms with Gasteiger partial charge in [0.05, 0.1) is 11.0 Å². The Morgan fingerprint density at radius 1 is 1.29 bits per heavy atom. The van der Waals surface area contributed by atoms with E-state index in [1.807, 2.05) is 13.8 Å². The molecule has 0 aliphatic heterocycles. The topological polar surface area (TPSA) is 70.2 Å². The van der Waals surface area contributed by atoms with Gasteiger partial charge in [-0.1, -0.05) is 26.0 Å². The standard InChI is InChI=1S/C16H23N3O2/c1-12(2)15(10-17)18(16(3,4)5)11-13-6-8-14(9-7-13)19(20)21/h6-9,12,15H,11H2,1-5H3. The van der Waals surface area contributed by atoms with E-state index < -0.39 is 4.92 Å². The average Bonchev–Trinajstić information content (AvgIpc) is 2.37. The van der Waals surface area contributed by atoms with Crippen LogP contribution in [0.3, 0.4) is 0 Å². The Hall–Kier alpha value is -1.93. The number of hydrogen-bond acceptors (Lipinski definition) is 4. The first kappa shape index (κ1) is 17.1. The minimum Gasteiger partial charge on any atom is -0.279 e. The molecule has 0 saturated carbocycles. The summed E-state index contributed by atoms with van der Waals surface area (Å²) in [4.78, 5) is 12.4. The molecule has 0 N–H and O–H groups in total. The van der Waals surface area contributed by atoms with Crippen LogP contribution in [-0.4, -0.2) is 21.4 Å². The quantitative estimate of drug-likeness (QED) is 0.611. The lowest BCUT2D eigenvalue weighted by Gasteiger charge is -2.40. The normalized spacial score (nSPS) is 13.2. The van der Waals surface area contributed by atoms with Crippen LogP contribution < -0.4 is 0 Å². The molecule has 114 valence electrons. The number of nitrogens with zero attached hydrogens (tertiary/aromatic N) is 3. The van der Waals surface area contributed by atoms with Crippen LogP contribution in [0.2, 0.25) is 0 Å². The highest BCUT2D eigenvalue weighted by atomic mass is 16.6. The van der Waals surface area contributed by atoms with E-state index in [-0.39, 0.29) is 23.2 Å². The number of hydrogen-bond donors (Lipinski definition) is 0. The van der Waals surface area contributed by atoms with Gasteiger partial charge in [0.25, 0.3) is 5.69 Å². The van der Waals surface area contributed by atoms with Gasteiger partial charge in [0, 0.05) is 24.2 Å². The predicted octanol–water partition coefficient (Wildman–Crippen LogP) is 3.74. The van der Waals surface area contributed by atoms with Crippen molar-refractivity contribution in [1.29, 1.82) is 5.26 Å². The van der Waals surface area contributed by atoms with Crippen molar-refractivity contribution in [2.24, 2.45) is 5.92 Å². The number of rotatable bonds is 5. The van der Waals surface area contributed by atoms with Gasteiger partial charge in [0.1, 0.15) is 6.04 Å². The Bertz CT molecular complexity index is 524. The molecule has 1 aromatic rings. The van der Waals surface area contributed by atoms with Crippen molar-refractivity contribution in [3.8, 4) is 6.07 Å². The van der Waals surface area contributed by atoms with Crippen LogP contribution in [0.1, 0.15) is 40.2 Å². The van der Waals surface area contributed by atoms with E-state index in [0.29, 0.717) is 6.54 Å². The van der Waals surface area contributed by atoms with Gasteiger partial charge in [-0.15, -0.1) is 0 Å². The zero-order chi connectivity index (χ0) is 16.2. The monoisotopic (exact) mass is 289 g/mol. The lowest BCUT2D eigenvalue weighted by Crippen LogP contribution is -2.49. The maximum Gasteiger partial charge on any atom is 0.269 e. The molecule has 0 saturated heterocycles. The molecular weight excluding hydrogens is 266 g/mol. The minimum atomic E-state index is -0.405. The molecule has 1 unspecified atom stereocenters. The lowest BCUT2D eigenvalue weighted by molar-refractivity contribution is -0.384. The molecule has 0 aliphatic carbocycles. The van der Waals surface area contributed by atoms with E-state index >= 15 is 0 Å². The Labute approximate surface area is 126 Å². The van der Waals surface area contributed by atoms with E-state index in [2.05, 4.69) is 31.7 Å². The SMILES string of the molecule is CC(C)C(C#N)N(Cc1ccc([N+](=O)[O-])cc1)C(C)(C)C. The van der Waals surface area contributed by atoms with E-state index in [9.17, 15) is 15.4 Å². The highest BCUT2D eigenvalue weighted by Gasteiger charge is 2.31. The van der Waals surface area contributed by atoms with Crippen molar-refractivity contribution < 1.29 is 4.92 Å². The van der Waals surface area contributed by atoms with Crippen LogP contribution in [0.5, 0.6) is 0 Å². The van der Waals surface area contributed by atoms with Gasteiger partial charge in [-0.25, -0.2) is 0 Å². The Balaban J connectivity index is 3.02. The molecule has 5 heteroatoms. The van der Waals surface area contributed by atoms with Crippen LogP contribution >= 0.6 is 0 Å². The van der Waals surface area contributed by atoms with Crippen molar-refractivity contribution in [3.05, 3.63) is 39.9 Å². The second-order valence-electron chi connectivity index (χ2n) is 6.54. The van der Waals surface area contributed by atoms with Crippen molar-refractivity contribution in [3.63, 3.8) is 0 Å². The molecule has 1 rings (SSSR count). The van der Waals surface area contributed by atoms with Crippen molar-refractivity contribution in [1.82, 2.24) is 4.90 Å². The summed E-state index contributed by atoms with van der Waals surface area (Å²) in [6, 6.07) is 8.71. The molecule has 5 nitrogen and oxygen atoms in total. The number of nitro groups is 1. The predicted molar refractivity (Wildman–Crippen MR) is 82.6 cm³/mol. The van der Waals surface area contributed by atoms with Gasteiger partial charge in [0.15, 0.2) is 0 Å². The fourth-order valence-electron chi connectivity index (χ4n) is 2.25. The van der Waals surface area contributed by atoms with Gasteiger partial charge in [0.2, 0.25) is 0 Å². The fraction of sp³-hybridized carbons (Fsp3) is 0.562. The summed E-state index contributed by atoms with van der Waals surface area (Å²) in [7, 11) is 0. The van der Waals surface area contributed by atoms with Crippen molar-refractivity contribution >= 4 is 5.69 Å². The van der Waals surface area contributed by atoms with Gasteiger partial charge >= 0.3 is 0 Å². The van der Waals surface area contributed by atoms with Gasteiger partial charge < -0.3 is 0 Å². The minimum absolute atomic E-state index is 0.0850. The highest BCUT2D eigenvalue weighted by molar-refractivity contribution is 5.33. The largest absolute Gasteiger partial charge is 0.279 e. The molecule has 0 radical (unpaired) electrons. The molecular formula is C16H23N3O2. The molecule has 0 amide bonds. The first-order valence-corrected chi connectivity index (χ1v) is 7.06. The molecule has 0 heterocycles. The average molecular weight is 289 g/mol. The Kier molecular flexibility index (Phi) is 5.45. The molecule has 0 aliphatic rings. The Morgan fingerprint density at radius 2 is 1.81 bits per heavy atom. The van der Waals surface area contributed by atoms with E-state index in [1.54, 1.807) is 12.1 Å². The van der Waals surface area contributed by atoms with Crippen LogP contribution in [0, 0.1) is 27.4 Å². The molecule has 0 aromatic heterocycles. The van der Waals surface area contributed by atoms with Crippen LogP contribution in [-0.2, 0) is 6.54 Å². The maximum absolute atomic E-state index is 10.7. The van der Waals surface area contributed by atoms with Crippen molar-refractivity contribution in [2.45, 2.75) is 52.7 Å². The summed E-state index contributed by atoms with van der Waals surface area (Å²) in [5, 5.41) is 20.1. The third-order valence-electron chi connectivity index (χ3n) is 3.46. The second-order valence-corrected chi connectivity index (χ2v) is 6.54. The Morgan fingerprint density at radius 3 is 2.14 bits per heavy atom. The fourth-order valence-corrected chi connectivity index (χ4v) is 2.25.